The lowest BCUT2D eigenvalue weighted by molar-refractivity contribution is -0.138. The Labute approximate surface area is 207 Å². The molecule has 1 amide bonds. The highest BCUT2D eigenvalue weighted by Crippen LogP contribution is 2.54. The van der Waals surface area contributed by atoms with E-state index in [0.29, 0.717) is 17.5 Å². The van der Waals surface area contributed by atoms with Gasteiger partial charge in [-0.2, -0.15) is 0 Å². The minimum Gasteiger partial charge on any atom is -0.481 e. The van der Waals surface area contributed by atoms with E-state index < -0.39 is 5.97 Å². The van der Waals surface area contributed by atoms with Gasteiger partial charge >= 0.3 is 5.97 Å². The number of aliphatic carboxylic acids is 1. The first-order chi connectivity index (χ1) is 17.3. The Morgan fingerprint density at radius 2 is 1.83 bits per heavy atom. The maximum atomic E-state index is 13.1. The summed E-state index contributed by atoms with van der Waals surface area (Å²) in [7, 11) is 0. The molecule has 2 aliphatic rings. The Balaban J connectivity index is 1.39. The number of pyridine rings is 2. The van der Waals surface area contributed by atoms with Crippen molar-refractivity contribution in [1.82, 2.24) is 14.9 Å². The molecule has 0 saturated heterocycles. The van der Waals surface area contributed by atoms with Crippen molar-refractivity contribution in [2.45, 2.75) is 37.6 Å². The second-order valence-corrected chi connectivity index (χ2v) is 10.0. The van der Waals surface area contributed by atoms with Crippen LogP contribution in [0.1, 0.15) is 42.1 Å². The SMILES string of the molecule is C[C@]1(c2ccc(-c3cccc(-n4cc(C(=O)NC5CC5)c(=O)c5cccnc54)c3)cc2)C[C@H]1C(=O)O. The zero-order valence-corrected chi connectivity index (χ0v) is 19.8. The van der Waals surface area contributed by atoms with Crippen molar-refractivity contribution < 1.29 is 14.7 Å². The van der Waals surface area contributed by atoms with Crippen LogP contribution in [0.5, 0.6) is 0 Å². The first kappa shape index (κ1) is 22.2. The van der Waals surface area contributed by atoms with Gasteiger partial charge in [-0.3, -0.25) is 14.4 Å². The van der Waals surface area contributed by atoms with Gasteiger partial charge in [0, 0.05) is 29.5 Å². The summed E-state index contributed by atoms with van der Waals surface area (Å²) in [4.78, 5) is 41.7. The van der Waals surface area contributed by atoms with E-state index in [1.165, 1.54) is 0 Å². The van der Waals surface area contributed by atoms with E-state index in [-0.39, 0.29) is 34.3 Å². The van der Waals surface area contributed by atoms with Crippen LogP contribution in [0, 0.1) is 5.92 Å². The molecule has 0 radical (unpaired) electrons. The molecular formula is C29H25N3O4. The predicted molar refractivity (Wildman–Crippen MR) is 136 cm³/mol. The number of rotatable bonds is 6. The number of carbonyl (C=O) groups is 2. The van der Waals surface area contributed by atoms with Crippen molar-refractivity contribution in [2.24, 2.45) is 5.92 Å². The van der Waals surface area contributed by atoms with Crippen LogP contribution in [-0.2, 0) is 10.2 Å². The Bertz CT molecular complexity index is 1590. The fourth-order valence-corrected chi connectivity index (χ4v) is 4.93. The molecule has 2 N–H and O–H groups in total. The lowest BCUT2D eigenvalue weighted by Gasteiger charge is -2.15. The summed E-state index contributed by atoms with van der Waals surface area (Å²) in [6.45, 7) is 1.99. The molecule has 2 heterocycles. The van der Waals surface area contributed by atoms with Gasteiger partial charge < -0.3 is 15.0 Å². The molecule has 0 bridgehead atoms. The van der Waals surface area contributed by atoms with Gasteiger partial charge in [-0.15, -0.1) is 0 Å². The zero-order valence-electron chi connectivity index (χ0n) is 19.8. The Morgan fingerprint density at radius 1 is 1.06 bits per heavy atom. The fourth-order valence-electron chi connectivity index (χ4n) is 4.93. The van der Waals surface area contributed by atoms with Crippen molar-refractivity contribution in [3.8, 4) is 16.8 Å². The highest BCUT2D eigenvalue weighted by molar-refractivity contribution is 5.97. The lowest BCUT2D eigenvalue weighted by atomic mass is 9.93. The number of benzene rings is 2. The van der Waals surface area contributed by atoms with E-state index in [9.17, 15) is 19.5 Å². The zero-order chi connectivity index (χ0) is 25.0. The van der Waals surface area contributed by atoms with Crippen molar-refractivity contribution in [2.75, 3.05) is 0 Å². The second kappa shape index (κ2) is 8.16. The first-order valence-electron chi connectivity index (χ1n) is 12.1. The number of fused-ring (bicyclic) bond motifs is 1. The van der Waals surface area contributed by atoms with Gasteiger partial charge in [0.2, 0.25) is 5.43 Å². The lowest BCUT2D eigenvalue weighted by Crippen LogP contribution is -2.31. The normalized spacial score (nSPS) is 20.8. The summed E-state index contributed by atoms with van der Waals surface area (Å²) >= 11 is 0. The summed E-state index contributed by atoms with van der Waals surface area (Å²) in [5, 5.41) is 12.7. The van der Waals surface area contributed by atoms with Gasteiger partial charge in [-0.1, -0.05) is 43.3 Å². The molecule has 36 heavy (non-hydrogen) atoms. The molecule has 2 aliphatic carbocycles. The minimum absolute atomic E-state index is 0.0998. The molecule has 180 valence electrons. The molecular weight excluding hydrogens is 454 g/mol. The molecule has 0 spiro atoms. The molecule has 7 heteroatoms. The van der Waals surface area contributed by atoms with Crippen molar-refractivity contribution in [3.63, 3.8) is 0 Å². The molecule has 2 atom stereocenters. The molecule has 2 saturated carbocycles. The van der Waals surface area contributed by atoms with Gasteiger partial charge in [-0.25, -0.2) is 4.98 Å². The topological polar surface area (TPSA) is 101 Å². The first-order valence-corrected chi connectivity index (χ1v) is 12.1. The molecule has 0 aliphatic heterocycles. The third-order valence-corrected chi connectivity index (χ3v) is 7.46. The summed E-state index contributed by atoms with van der Waals surface area (Å²) in [6, 6.07) is 19.4. The Hall–Kier alpha value is -4.26. The molecule has 4 aromatic rings. The van der Waals surface area contributed by atoms with Crippen LogP contribution in [0.15, 0.2) is 77.9 Å². The molecule has 2 aromatic heterocycles. The average Bonchev–Trinajstić information content (AvgIpc) is 3.82. The third-order valence-electron chi connectivity index (χ3n) is 7.46. The molecule has 2 fully saturated rings. The second-order valence-electron chi connectivity index (χ2n) is 10.0. The molecule has 7 nitrogen and oxygen atoms in total. The molecule has 2 aromatic carbocycles. The van der Waals surface area contributed by atoms with Gasteiger partial charge in [0.25, 0.3) is 5.91 Å². The van der Waals surface area contributed by atoms with E-state index in [1.807, 2.05) is 55.5 Å². The number of aromatic nitrogens is 2. The van der Waals surface area contributed by atoms with E-state index in [1.54, 1.807) is 29.1 Å². The fraction of sp³-hybridized carbons (Fsp3) is 0.241. The smallest absolute Gasteiger partial charge is 0.307 e. The largest absolute Gasteiger partial charge is 0.481 e. The number of hydrogen-bond acceptors (Lipinski definition) is 4. The van der Waals surface area contributed by atoms with Gasteiger partial charge in [-0.05, 0) is 60.2 Å². The Morgan fingerprint density at radius 3 is 2.53 bits per heavy atom. The number of nitrogens with zero attached hydrogens (tertiary/aromatic N) is 2. The van der Waals surface area contributed by atoms with Gasteiger partial charge in [0.15, 0.2) is 0 Å². The van der Waals surface area contributed by atoms with Gasteiger partial charge in [0.05, 0.1) is 11.3 Å². The quantitative estimate of drug-likeness (QED) is 0.429. The number of carboxylic acid groups (broad SMARTS) is 1. The van der Waals surface area contributed by atoms with E-state index in [2.05, 4.69) is 10.3 Å². The summed E-state index contributed by atoms with van der Waals surface area (Å²) in [6.07, 6.45) is 5.74. The van der Waals surface area contributed by atoms with E-state index in [0.717, 1.165) is 35.2 Å². The number of nitrogens with one attached hydrogen (secondary N) is 1. The number of carbonyl (C=O) groups excluding carboxylic acids is 1. The van der Waals surface area contributed by atoms with Crippen LogP contribution in [0.25, 0.3) is 27.8 Å². The number of carboxylic acids is 1. The minimum atomic E-state index is -0.749. The van der Waals surface area contributed by atoms with Crippen LogP contribution >= 0.6 is 0 Å². The number of hydrogen-bond donors (Lipinski definition) is 2. The van der Waals surface area contributed by atoms with Crippen LogP contribution < -0.4 is 10.7 Å². The number of amides is 1. The van der Waals surface area contributed by atoms with Crippen LogP contribution in [0.4, 0.5) is 0 Å². The van der Waals surface area contributed by atoms with Crippen LogP contribution in [-0.4, -0.2) is 32.6 Å². The predicted octanol–water partition coefficient (Wildman–Crippen LogP) is 4.31. The highest BCUT2D eigenvalue weighted by atomic mass is 16.4. The standard InChI is InChI=1S/C29H25N3O4/c1-29(15-24(29)28(35)36)19-9-7-17(8-10-19)18-4-2-5-21(14-18)32-16-23(27(34)31-20-11-12-20)25(33)22-6-3-13-30-26(22)32/h2-10,13-14,16,20,24H,11-12,15H2,1H3,(H,31,34)(H,35,36)/t24-,29+/m0/s1. The van der Waals surface area contributed by atoms with Gasteiger partial charge in [0.1, 0.15) is 11.2 Å². The average molecular weight is 480 g/mol. The van der Waals surface area contributed by atoms with E-state index >= 15 is 0 Å². The Kier molecular flexibility index (Phi) is 5.03. The monoisotopic (exact) mass is 479 g/mol. The summed E-state index contributed by atoms with van der Waals surface area (Å²) < 4.78 is 1.79. The maximum absolute atomic E-state index is 13.1. The molecule has 6 rings (SSSR count). The maximum Gasteiger partial charge on any atom is 0.307 e. The third kappa shape index (κ3) is 3.77. The van der Waals surface area contributed by atoms with E-state index in [4.69, 9.17) is 0 Å². The van der Waals surface area contributed by atoms with Crippen LogP contribution in [0.2, 0.25) is 0 Å². The van der Waals surface area contributed by atoms with Crippen molar-refractivity contribution >= 4 is 22.9 Å². The summed E-state index contributed by atoms with van der Waals surface area (Å²) in [5.41, 5.74) is 3.69. The molecule has 0 unspecified atom stereocenters. The van der Waals surface area contributed by atoms with Crippen molar-refractivity contribution in [1.29, 1.82) is 0 Å². The van der Waals surface area contributed by atoms with Crippen molar-refractivity contribution in [3.05, 3.63) is 94.4 Å². The summed E-state index contributed by atoms with van der Waals surface area (Å²) in [5.74, 6) is -1.44. The van der Waals surface area contributed by atoms with Crippen LogP contribution in [0.3, 0.4) is 0 Å². The highest BCUT2D eigenvalue weighted by Gasteiger charge is 2.55.